The SMILES string of the molecule is Cc1cnc(C2CN(C(=O)c3cnn(C)c3)C2)n1Cc1ccccc1. The van der Waals surface area contributed by atoms with Crippen molar-refractivity contribution in [2.45, 2.75) is 19.4 Å². The minimum absolute atomic E-state index is 0.0437. The second-order valence-electron chi connectivity index (χ2n) is 6.64. The molecule has 1 aromatic carbocycles. The number of hydrogen-bond donors (Lipinski definition) is 0. The van der Waals surface area contributed by atoms with Crippen LogP contribution in [-0.2, 0) is 13.6 Å². The van der Waals surface area contributed by atoms with Gasteiger partial charge in [-0.15, -0.1) is 0 Å². The van der Waals surface area contributed by atoms with Gasteiger partial charge in [0.25, 0.3) is 5.91 Å². The van der Waals surface area contributed by atoms with Gasteiger partial charge in [0, 0.05) is 44.8 Å². The molecular weight excluding hydrogens is 314 g/mol. The summed E-state index contributed by atoms with van der Waals surface area (Å²) in [6.45, 7) is 4.31. The van der Waals surface area contributed by atoms with Crippen molar-refractivity contribution in [3.63, 3.8) is 0 Å². The van der Waals surface area contributed by atoms with E-state index in [0.29, 0.717) is 18.7 Å². The molecule has 1 aliphatic rings. The fraction of sp³-hybridized carbons (Fsp3) is 0.316. The van der Waals surface area contributed by atoms with Gasteiger partial charge < -0.3 is 9.47 Å². The van der Waals surface area contributed by atoms with Gasteiger partial charge in [0.05, 0.1) is 17.7 Å². The standard InChI is InChI=1S/C19H21N5O/c1-14-8-20-18(24(14)10-15-6-4-3-5-7-15)17-12-23(13-17)19(25)16-9-21-22(2)11-16/h3-9,11,17H,10,12-13H2,1-2H3. The van der Waals surface area contributed by atoms with Gasteiger partial charge in [-0.1, -0.05) is 30.3 Å². The van der Waals surface area contributed by atoms with E-state index in [1.165, 1.54) is 5.56 Å². The lowest BCUT2D eigenvalue weighted by atomic mass is 9.98. The van der Waals surface area contributed by atoms with E-state index in [9.17, 15) is 4.79 Å². The van der Waals surface area contributed by atoms with Crippen molar-refractivity contribution in [1.82, 2.24) is 24.2 Å². The minimum Gasteiger partial charge on any atom is -0.337 e. The number of hydrogen-bond acceptors (Lipinski definition) is 3. The molecule has 0 atom stereocenters. The Morgan fingerprint density at radius 2 is 1.96 bits per heavy atom. The maximum atomic E-state index is 12.4. The summed E-state index contributed by atoms with van der Waals surface area (Å²) in [7, 11) is 1.82. The first-order valence-corrected chi connectivity index (χ1v) is 8.45. The summed E-state index contributed by atoms with van der Waals surface area (Å²) >= 11 is 0. The smallest absolute Gasteiger partial charge is 0.257 e. The van der Waals surface area contributed by atoms with Crippen molar-refractivity contribution in [2.24, 2.45) is 7.05 Å². The van der Waals surface area contributed by atoms with E-state index in [4.69, 9.17) is 0 Å². The molecule has 2 aromatic heterocycles. The molecule has 1 aliphatic heterocycles. The maximum absolute atomic E-state index is 12.4. The van der Waals surface area contributed by atoms with Gasteiger partial charge in [-0.3, -0.25) is 9.48 Å². The quantitative estimate of drug-likeness (QED) is 0.734. The molecule has 1 saturated heterocycles. The highest BCUT2D eigenvalue weighted by atomic mass is 16.2. The fourth-order valence-electron chi connectivity index (χ4n) is 3.30. The molecule has 0 saturated carbocycles. The highest BCUT2D eigenvalue weighted by Crippen LogP contribution is 2.28. The minimum atomic E-state index is 0.0437. The average molecular weight is 335 g/mol. The van der Waals surface area contributed by atoms with E-state index < -0.39 is 0 Å². The summed E-state index contributed by atoms with van der Waals surface area (Å²) < 4.78 is 3.91. The summed E-state index contributed by atoms with van der Waals surface area (Å²) in [6.07, 6.45) is 5.30. The van der Waals surface area contributed by atoms with Crippen molar-refractivity contribution in [3.05, 3.63) is 71.6 Å². The first-order chi connectivity index (χ1) is 12.1. The predicted octanol–water partition coefficient (Wildman–Crippen LogP) is 2.21. The first kappa shape index (κ1) is 15.6. The largest absolute Gasteiger partial charge is 0.337 e. The molecular formula is C19H21N5O. The number of likely N-dealkylation sites (tertiary alicyclic amines) is 1. The van der Waals surface area contributed by atoms with Crippen molar-refractivity contribution < 1.29 is 4.79 Å². The Labute approximate surface area is 146 Å². The topological polar surface area (TPSA) is 56.0 Å². The number of nitrogens with zero attached hydrogens (tertiary/aromatic N) is 5. The molecule has 6 heteroatoms. The van der Waals surface area contributed by atoms with Gasteiger partial charge in [-0.05, 0) is 12.5 Å². The van der Waals surface area contributed by atoms with E-state index in [-0.39, 0.29) is 11.8 Å². The number of amides is 1. The summed E-state index contributed by atoms with van der Waals surface area (Å²) in [5.74, 6) is 1.40. The number of benzene rings is 1. The number of carbonyl (C=O) groups is 1. The van der Waals surface area contributed by atoms with Crippen LogP contribution in [0.1, 0.15) is 33.4 Å². The van der Waals surface area contributed by atoms with Gasteiger partial charge in [0.15, 0.2) is 0 Å². The van der Waals surface area contributed by atoms with Crippen LogP contribution in [0, 0.1) is 6.92 Å². The van der Waals surface area contributed by atoms with Crippen LogP contribution in [0.3, 0.4) is 0 Å². The predicted molar refractivity (Wildman–Crippen MR) is 94.4 cm³/mol. The molecule has 25 heavy (non-hydrogen) atoms. The molecule has 0 aliphatic carbocycles. The molecule has 1 amide bonds. The number of aryl methyl sites for hydroxylation is 2. The third-order valence-electron chi connectivity index (χ3n) is 4.76. The lowest BCUT2D eigenvalue weighted by molar-refractivity contribution is 0.0591. The average Bonchev–Trinajstić information content (AvgIpc) is 3.15. The van der Waals surface area contributed by atoms with Gasteiger partial charge in [-0.25, -0.2) is 4.98 Å². The number of carbonyl (C=O) groups excluding carboxylic acids is 1. The third kappa shape index (κ3) is 2.95. The molecule has 0 N–H and O–H groups in total. The number of aromatic nitrogens is 4. The molecule has 0 spiro atoms. The van der Waals surface area contributed by atoms with Crippen LogP contribution in [0.5, 0.6) is 0 Å². The van der Waals surface area contributed by atoms with Gasteiger partial charge in [0.2, 0.25) is 0 Å². The Morgan fingerprint density at radius 3 is 2.64 bits per heavy atom. The number of imidazole rings is 1. The highest BCUT2D eigenvalue weighted by molar-refractivity contribution is 5.94. The Kier molecular flexibility index (Phi) is 3.87. The Morgan fingerprint density at radius 1 is 1.20 bits per heavy atom. The fourth-order valence-corrected chi connectivity index (χ4v) is 3.30. The molecule has 3 heterocycles. The zero-order valence-corrected chi connectivity index (χ0v) is 14.5. The van der Waals surface area contributed by atoms with Gasteiger partial charge >= 0.3 is 0 Å². The normalized spacial score (nSPS) is 14.6. The van der Waals surface area contributed by atoms with Crippen LogP contribution in [-0.4, -0.2) is 43.2 Å². The van der Waals surface area contributed by atoms with Gasteiger partial charge in [0.1, 0.15) is 5.82 Å². The van der Waals surface area contributed by atoms with Crippen LogP contribution in [0.2, 0.25) is 0 Å². The molecule has 3 aromatic rings. The zero-order valence-electron chi connectivity index (χ0n) is 14.5. The van der Waals surface area contributed by atoms with Crippen LogP contribution in [0.25, 0.3) is 0 Å². The molecule has 128 valence electrons. The van der Waals surface area contributed by atoms with Crippen LogP contribution in [0.4, 0.5) is 0 Å². The van der Waals surface area contributed by atoms with Gasteiger partial charge in [-0.2, -0.15) is 5.10 Å². The highest BCUT2D eigenvalue weighted by Gasteiger charge is 2.35. The van der Waals surface area contributed by atoms with Crippen LogP contribution in [0.15, 0.2) is 48.9 Å². The van der Waals surface area contributed by atoms with Crippen molar-refractivity contribution in [3.8, 4) is 0 Å². The second-order valence-corrected chi connectivity index (χ2v) is 6.64. The summed E-state index contributed by atoms with van der Waals surface area (Å²) in [6, 6.07) is 10.4. The van der Waals surface area contributed by atoms with Crippen molar-refractivity contribution in [2.75, 3.05) is 13.1 Å². The van der Waals surface area contributed by atoms with E-state index in [1.807, 2.05) is 24.2 Å². The molecule has 1 fully saturated rings. The molecule has 4 rings (SSSR count). The Bertz CT molecular complexity index is 890. The maximum Gasteiger partial charge on any atom is 0.257 e. The summed E-state index contributed by atoms with van der Waals surface area (Å²) in [5, 5.41) is 4.07. The molecule has 0 bridgehead atoms. The zero-order chi connectivity index (χ0) is 17.4. The lowest BCUT2D eigenvalue weighted by Gasteiger charge is -2.38. The van der Waals surface area contributed by atoms with Crippen molar-refractivity contribution >= 4 is 5.91 Å². The monoisotopic (exact) mass is 335 g/mol. The second kappa shape index (κ2) is 6.20. The first-order valence-electron chi connectivity index (χ1n) is 8.45. The van der Waals surface area contributed by atoms with E-state index in [1.54, 1.807) is 17.1 Å². The van der Waals surface area contributed by atoms with E-state index in [0.717, 1.165) is 18.1 Å². The molecule has 0 unspecified atom stereocenters. The summed E-state index contributed by atoms with van der Waals surface area (Å²) in [4.78, 5) is 18.9. The Hall–Kier alpha value is -2.89. The molecule has 0 radical (unpaired) electrons. The third-order valence-corrected chi connectivity index (χ3v) is 4.76. The Balaban J connectivity index is 1.47. The van der Waals surface area contributed by atoms with Crippen LogP contribution < -0.4 is 0 Å². The molecule has 6 nitrogen and oxygen atoms in total. The lowest BCUT2D eigenvalue weighted by Crippen LogP contribution is -2.49. The van der Waals surface area contributed by atoms with Crippen LogP contribution >= 0.6 is 0 Å². The van der Waals surface area contributed by atoms with E-state index >= 15 is 0 Å². The summed E-state index contributed by atoms with van der Waals surface area (Å²) in [5.41, 5.74) is 3.05. The van der Waals surface area contributed by atoms with Crippen molar-refractivity contribution in [1.29, 1.82) is 0 Å². The van der Waals surface area contributed by atoms with E-state index in [2.05, 4.69) is 45.8 Å². The number of rotatable bonds is 4.